The first-order chi connectivity index (χ1) is 55.0. The molecule has 1 aliphatic heterocycles. The van der Waals surface area contributed by atoms with Crippen LogP contribution >= 0.6 is 15.9 Å². The number of nitrogens with zero attached hydrogens (tertiary/aromatic N) is 2. The number of rotatable bonds is 4. The quantitative estimate of drug-likeness (QED) is 0.164. The van der Waals surface area contributed by atoms with Gasteiger partial charge in [-0.2, -0.15) is 0 Å². The zero-order valence-corrected chi connectivity index (χ0v) is 64.2. The predicted molar refractivity (Wildman–Crippen MR) is 466 cm³/mol. The van der Waals surface area contributed by atoms with Crippen LogP contribution in [0.4, 0.5) is 0 Å². The number of aromatic nitrogens is 2. The van der Waals surface area contributed by atoms with E-state index in [9.17, 15) is 0 Å². The van der Waals surface area contributed by atoms with Gasteiger partial charge in [-0.1, -0.05) is 295 Å². The molecule has 0 saturated carbocycles. The van der Waals surface area contributed by atoms with Crippen LogP contribution in [0.5, 0.6) is 0 Å². The Hall–Kier alpha value is -12.4. The van der Waals surface area contributed by atoms with Crippen LogP contribution in [0.1, 0.15) is 94.5 Å². The first-order valence-corrected chi connectivity index (χ1v) is 40.1. The van der Waals surface area contributed by atoms with Gasteiger partial charge in [0.25, 0.3) is 0 Å². The number of hydrogen-bond acceptors (Lipinski definition) is 2. The van der Waals surface area contributed by atoms with Gasteiger partial charge >= 0.3 is 7.12 Å². The molecule has 0 bridgehead atoms. The number of benzene rings is 16. The van der Waals surface area contributed by atoms with E-state index in [2.05, 4.69) is 399 Å². The normalized spacial score (nSPS) is 15.3. The summed E-state index contributed by atoms with van der Waals surface area (Å²) in [5, 5.41) is 5.01. The monoisotopic (exact) mass is 1500 g/mol. The Balaban J connectivity index is 0.000000106. The standard InChI is InChI=1S/C50H31N.C32H19Br.C24H24BNO2/c1-2-12-34(13-3-1)51-47-21-11-7-16-38(47)41-29-32(24-27-48(41)51)31-22-23-33-30-42-35(40(33)28-31)25-26-46-49(42)39-17-6-10-20-45(39)50(46)43-18-8-4-14-36(43)37-15-5-9-19-44(37)50;33-20-14-13-19-17-26-21(25(19)18-20)15-16-30-31(26)24-9-3-6-12-29(24)32(30)27-10-4-1-7-22(27)23-8-2-5-11-28(23)32;1-23(2)24(3,4)28-25(27-23)17-14-15-22-20(16-17)19-12-8-9-13-21(19)26(22)18-10-6-5-7-11-18/h1-29H,30H2;1-16,18H,17H2;5-16H,1-4H3. The summed E-state index contributed by atoms with van der Waals surface area (Å²) in [6, 6.07) is 130. The highest BCUT2D eigenvalue weighted by molar-refractivity contribution is 9.10. The third kappa shape index (κ3) is 9.08. The van der Waals surface area contributed by atoms with E-state index in [1.54, 1.807) is 0 Å². The molecule has 6 aliphatic carbocycles. The minimum Gasteiger partial charge on any atom is -0.399 e. The molecule has 6 heteroatoms. The molecule has 25 rings (SSSR count). The Bertz CT molecular complexity index is 6950. The van der Waals surface area contributed by atoms with Gasteiger partial charge in [0, 0.05) is 37.4 Å². The summed E-state index contributed by atoms with van der Waals surface area (Å²) in [5.41, 5.74) is 43.2. The number of hydrogen-bond donors (Lipinski definition) is 0. The van der Waals surface area contributed by atoms with E-state index < -0.39 is 0 Å². The van der Waals surface area contributed by atoms with Gasteiger partial charge in [-0.15, -0.1) is 0 Å². The Labute approximate surface area is 660 Å². The van der Waals surface area contributed by atoms with Gasteiger partial charge in [0.05, 0.1) is 44.1 Å². The smallest absolute Gasteiger partial charge is 0.399 e. The Kier molecular flexibility index (Phi) is 14.2. The van der Waals surface area contributed by atoms with E-state index in [1.165, 1.54) is 194 Å². The molecule has 112 heavy (non-hydrogen) atoms. The van der Waals surface area contributed by atoms with Crippen LogP contribution in [0.2, 0.25) is 0 Å². The lowest BCUT2D eigenvalue weighted by Gasteiger charge is -2.32. The highest BCUT2D eigenvalue weighted by Crippen LogP contribution is 2.67. The first-order valence-electron chi connectivity index (χ1n) is 39.3. The van der Waals surface area contributed by atoms with E-state index in [0.29, 0.717) is 0 Å². The Morgan fingerprint density at radius 3 is 1.11 bits per heavy atom. The van der Waals surface area contributed by atoms with Gasteiger partial charge in [0.2, 0.25) is 0 Å². The second-order valence-electron chi connectivity index (χ2n) is 32.3. The zero-order valence-electron chi connectivity index (χ0n) is 62.6. The topological polar surface area (TPSA) is 28.3 Å². The molecular weight excluding hydrogens is 1420 g/mol. The van der Waals surface area contributed by atoms with Gasteiger partial charge in [-0.05, 0) is 263 Å². The van der Waals surface area contributed by atoms with Gasteiger partial charge in [-0.3, -0.25) is 0 Å². The number of fused-ring (bicyclic) bond motifs is 34. The molecule has 2 aromatic heterocycles. The second kappa shape index (κ2) is 24.3. The SMILES string of the molecule is Brc1ccc2c(c1)-c1ccc3c(c1C2)-c1ccccc1C31c2ccccc2-c2ccccc21.CC1(C)OB(c2ccc3c(c2)c2ccccc2n3-c2ccccc2)OC1(C)C.c1ccc(-n2c3ccccc3c3cc(-c4ccc5c(c4)-c4ccc6c(c4C5)-c4ccccc4C64c5ccccc5-c5ccccc54)ccc32)cc1. The van der Waals surface area contributed by atoms with Crippen LogP contribution in [0.3, 0.4) is 0 Å². The molecule has 530 valence electrons. The molecule has 0 amide bonds. The highest BCUT2D eigenvalue weighted by Gasteiger charge is 2.55. The Morgan fingerprint density at radius 1 is 0.277 bits per heavy atom. The molecule has 7 aliphatic rings. The molecule has 0 N–H and O–H groups in total. The maximum absolute atomic E-state index is 6.27. The van der Waals surface area contributed by atoms with Crippen LogP contribution in [0.25, 0.3) is 133 Å². The van der Waals surface area contributed by atoms with Crippen LogP contribution in [-0.2, 0) is 33.0 Å². The van der Waals surface area contributed by atoms with E-state index in [0.717, 1.165) is 28.5 Å². The van der Waals surface area contributed by atoms with Crippen molar-refractivity contribution in [3.05, 3.63) is 423 Å². The fraction of sp³-hybridized carbons (Fsp3) is 0.0943. The van der Waals surface area contributed by atoms with Crippen molar-refractivity contribution in [1.29, 1.82) is 0 Å². The fourth-order valence-corrected chi connectivity index (χ4v) is 21.2. The summed E-state index contributed by atoms with van der Waals surface area (Å²) in [6.45, 7) is 8.36. The summed E-state index contributed by atoms with van der Waals surface area (Å²) in [6.07, 6.45) is 1.94. The molecule has 18 aromatic rings. The summed E-state index contributed by atoms with van der Waals surface area (Å²) >= 11 is 3.69. The lowest BCUT2D eigenvalue weighted by molar-refractivity contribution is 0.00578. The zero-order chi connectivity index (χ0) is 74.5. The van der Waals surface area contributed by atoms with Crippen molar-refractivity contribution >= 4 is 72.1 Å². The summed E-state index contributed by atoms with van der Waals surface area (Å²) < 4.78 is 18.4. The molecule has 1 saturated heterocycles. The van der Waals surface area contributed by atoms with Crippen LogP contribution in [-0.4, -0.2) is 27.5 Å². The van der Waals surface area contributed by atoms with Crippen molar-refractivity contribution in [2.45, 2.75) is 62.6 Å². The summed E-state index contributed by atoms with van der Waals surface area (Å²) in [7, 11) is -0.353. The average Bonchev–Trinajstić information content (AvgIpc) is 1.51. The third-order valence-corrected chi connectivity index (χ3v) is 26.8. The molecular formula is C106H74BBrN2O2. The minimum atomic E-state index is -0.353. The maximum atomic E-state index is 6.27. The molecule has 0 unspecified atom stereocenters. The fourth-order valence-electron chi connectivity index (χ4n) is 20.9. The van der Waals surface area contributed by atoms with Crippen LogP contribution in [0.15, 0.2) is 356 Å². The lowest BCUT2D eigenvalue weighted by Crippen LogP contribution is -2.41. The van der Waals surface area contributed by atoms with E-state index in [1.807, 2.05) is 6.07 Å². The van der Waals surface area contributed by atoms with Gasteiger partial charge in [0.15, 0.2) is 0 Å². The van der Waals surface area contributed by atoms with Gasteiger partial charge < -0.3 is 18.4 Å². The number of halogens is 1. The van der Waals surface area contributed by atoms with Crippen molar-refractivity contribution in [2.75, 3.05) is 0 Å². The van der Waals surface area contributed by atoms with E-state index >= 15 is 0 Å². The van der Waals surface area contributed by atoms with E-state index in [4.69, 9.17) is 9.31 Å². The van der Waals surface area contributed by atoms with Crippen molar-refractivity contribution in [3.8, 4) is 89.3 Å². The number of para-hydroxylation sites is 4. The Morgan fingerprint density at radius 2 is 0.634 bits per heavy atom. The van der Waals surface area contributed by atoms with Crippen LogP contribution < -0.4 is 5.46 Å². The van der Waals surface area contributed by atoms with Crippen molar-refractivity contribution < 1.29 is 9.31 Å². The largest absolute Gasteiger partial charge is 0.494 e. The first kappa shape index (κ1) is 65.5. The molecule has 0 atom stereocenters. The van der Waals surface area contributed by atoms with E-state index in [-0.39, 0.29) is 29.2 Å². The molecule has 3 heterocycles. The van der Waals surface area contributed by atoms with Crippen molar-refractivity contribution in [1.82, 2.24) is 9.13 Å². The van der Waals surface area contributed by atoms with Gasteiger partial charge in [0.1, 0.15) is 0 Å². The molecule has 16 aromatic carbocycles. The summed E-state index contributed by atoms with van der Waals surface area (Å²) in [4.78, 5) is 0. The highest BCUT2D eigenvalue weighted by atomic mass is 79.9. The molecule has 1 fully saturated rings. The molecule has 0 radical (unpaired) electrons. The van der Waals surface area contributed by atoms with Crippen molar-refractivity contribution in [3.63, 3.8) is 0 Å². The van der Waals surface area contributed by atoms with Crippen molar-refractivity contribution in [2.24, 2.45) is 0 Å². The molecule has 4 nitrogen and oxygen atoms in total. The molecule has 2 spiro atoms. The maximum Gasteiger partial charge on any atom is 0.494 e. The second-order valence-corrected chi connectivity index (χ2v) is 33.2. The lowest BCUT2D eigenvalue weighted by atomic mass is 9.70. The third-order valence-electron chi connectivity index (χ3n) is 26.3. The summed E-state index contributed by atoms with van der Waals surface area (Å²) in [5.74, 6) is 0. The predicted octanol–water partition coefficient (Wildman–Crippen LogP) is 25.8. The average molecular weight is 1500 g/mol. The van der Waals surface area contributed by atoms with Gasteiger partial charge in [-0.25, -0.2) is 0 Å². The van der Waals surface area contributed by atoms with Crippen LogP contribution in [0, 0.1) is 0 Å². The minimum absolute atomic E-state index is 0.247.